The van der Waals surface area contributed by atoms with Gasteiger partial charge >= 0.3 is 0 Å². The molecule has 2 N–H and O–H groups in total. The fourth-order valence-electron chi connectivity index (χ4n) is 2.70. The predicted molar refractivity (Wildman–Crippen MR) is 98.0 cm³/mol. The molecule has 25 heavy (non-hydrogen) atoms. The molecule has 0 unspecified atom stereocenters. The van der Waals surface area contributed by atoms with Crippen LogP contribution in [-0.4, -0.2) is 27.6 Å². The summed E-state index contributed by atoms with van der Waals surface area (Å²) in [4.78, 5) is 14.1. The van der Waals surface area contributed by atoms with E-state index in [1.165, 1.54) is 0 Å². The van der Waals surface area contributed by atoms with Crippen LogP contribution in [0.3, 0.4) is 0 Å². The normalized spacial score (nSPS) is 11.9. The van der Waals surface area contributed by atoms with E-state index < -0.39 is 0 Å². The minimum atomic E-state index is -0.279. The monoisotopic (exact) mass is 334 g/mol. The Hall–Kier alpha value is -2.92. The summed E-state index contributed by atoms with van der Waals surface area (Å²) in [6.45, 7) is 0.555. The van der Waals surface area contributed by atoms with Gasteiger partial charge in [-0.25, -0.2) is 4.68 Å². The predicted octanol–water partition coefficient (Wildman–Crippen LogP) is 2.92. The molecule has 0 aliphatic rings. The van der Waals surface area contributed by atoms with Crippen molar-refractivity contribution < 1.29 is 4.79 Å². The SMILES string of the molecule is CN(Cc1ccc(-n2cccn2)cc1)C(=O)C[C@@H](N)c1ccccc1. The van der Waals surface area contributed by atoms with Gasteiger partial charge in [-0.15, -0.1) is 0 Å². The van der Waals surface area contributed by atoms with Gasteiger partial charge in [-0.2, -0.15) is 5.10 Å². The Morgan fingerprint density at radius 3 is 2.48 bits per heavy atom. The molecule has 1 atom stereocenters. The molecular weight excluding hydrogens is 312 g/mol. The van der Waals surface area contributed by atoms with E-state index in [1.54, 1.807) is 15.8 Å². The maximum absolute atomic E-state index is 12.4. The first-order valence-corrected chi connectivity index (χ1v) is 8.27. The zero-order chi connectivity index (χ0) is 17.6. The van der Waals surface area contributed by atoms with Gasteiger partial charge in [0.05, 0.1) is 5.69 Å². The Kier molecular flexibility index (Phi) is 5.26. The molecule has 3 aromatic rings. The van der Waals surface area contributed by atoms with Crippen LogP contribution in [0.4, 0.5) is 0 Å². The van der Waals surface area contributed by atoms with Crippen LogP contribution < -0.4 is 5.73 Å². The van der Waals surface area contributed by atoms with Gasteiger partial charge in [0.2, 0.25) is 5.91 Å². The van der Waals surface area contributed by atoms with E-state index in [2.05, 4.69) is 5.10 Å². The van der Waals surface area contributed by atoms with Crippen molar-refractivity contribution in [3.05, 3.63) is 84.2 Å². The number of aromatic nitrogens is 2. The number of rotatable bonds is 6. The highest BCUT2D eigenvalue weighted by atomic mass is 16.2. The van der Waals surface area contributed by atoms with Crippen molar-refractivity contribution >= 4 is 5.91 Å². The fourth-order valence-corrected chi connectivity index (χ4v) is 2.70. The second-order valence-electron chi connectivity index (χ2n) is 6.09. The smallest absolute Gasteiger partial charge is 0.224 e. The molecule has 128 valence electrons. The molecule has 1 amide bonds. The van der Waals surface area contributed by atoms with E-state index in [-0.39, 0.29) is 11.9 Å². The van der Waals surface area contributed by atoms with Crippen LogP contribution in [-0.2, 0) is 11.3 Å². The molecule has 0 aliphatic heterocycles. The standard InChI is InChI=1S/C20H22N4O/c1-23(20(25)14-19(21)17-6-3-2-4-7-17)15-16-8-10-18(11-9-16)24-13-5-12-22-24/h2-13,19H,14-15,21H2,1H3/t19-/m1/s1. The van der Waals surface area contributed by atoms with Crippen LogP contribution in [0.1, 0.15) is 23.6 Å². The summed E-state index contributed by atoms with van der Waals surface area (Å²) in [6.07, 6.45) is 3.94. The highest BCUT2D eigenvalue weighted by molar-refractivity contribution is 5.76. The number of amides is 1. The van der Waals surface area contributed by atoms with E-state index in [0.29, 0.717) is 13.0 Å². The first kappa shape index (κ1) is 16.9. The van der Waals surface area contributed by atoms with Crippen molar-refractivity contribution in [2.45, 2.75) is 19.0 Å². The van der Waals surface area contributed by atoms with Crippen LogP contribution in [0.5, 0.6) is 0 Å². The highest BCUT2D eigenvalue weighted by Crippen LogP contribution is 2.16. The third-order valence-electron chi connectivity index (χ3n) is 4.17. The summed E-state index contributed by atoms with van der Waals surface area (Å²) in [5, 5.41) is 4.21. The Labute approximate surface area is 147 Å². The van der Waals surface area contributed by atoms with Crippen molar-refractivity contribution in [3.8, 4) is 5.69 Å². The molecule has 0 spiro atoms. The van der Waals surface area contributed by atoms with Gasteiger partial charge < -0.3 is 10.6 Å². The van der Waals surface area contributed by atoms with E-state index in [0.717, 1.165) is 16.8 Å². The largest absolute Gasteiger partial charge is 0.341 e. The van der Waals surface area contributed by atoms with Crippen molar-refractivity contribution in [1.82, 2.24) is 14.7 Å². The molecular formula is C20H22N4O. The first-order chi connectivity index (χ1) is 12.1. The van der Waals surface area contributed by atoms with Crippen molar-refractivity contribution in [3.63, 3.8) is 0 Å². The minimum absolute atomic E-state index is 0.0347. The number of benzene rings is 2. The third kappa shape index (κ3) is 4.33. The number of carbonyl (C=O) groups excluding carboxylic acids is 1. The number of nitrogens with two attached hydrogens (primary N) is 1. The lowest BCUT2D eigenvalue weighted by atomic mass is 10.0. The molecule has 1 aromatic heterocycles. The maximum atomic E-state index is 12.4. The van der Waals surface area contributed by atoms with Gasteiger partial charge in [-0.3, -0.25) is 4.79 Å². The van der Waals surface area contributed by atoms with Gasteiger partial charge in [0.25, 0.3) is 0 Å². The summed E-state index contributed by atoms with van der Waals surface area (Å²) in [5.41, 5.74) is 9.19. The highest BCUT2D eigenvalue weighted by Gasteiger charge is 2.15. The third-order valence-corrected chi connectivity index (χ3v) is 4.17. The van der Waals surface area contributed by atoms with Gasteiger partial charge in [0.1, 0.15) is 0 Å². The number of hydrogen-bond acceptors (Lipinski definition) is 3. The summed E-state index contributed by atoms with van der Waals surface area (Å²) < 4.78 is 1.80. The van der Waals surface area contributed by atoms with Crippen LogP contribution in [0.25, 0.3) is 5.69 Å². The molecule has 1 heterocycles. The summed E-state index contributed by atoms with van der Waals surface area (Å²) >= 11 is 0. The van der Waals surface area contributed by atoms with E-state index in [4.69, 9.17) is 5.73 Å². The summed E-state index contributed by atoms with van der Waals surface area (Å²) in [7, 11) is 1.81. The lowest BCUT2D eigenvalue weighted by Gasteiger charge is -2.20. The molecule has 2 aromatic carbocycles. The van der Waals surface area contributed by atoms with E-state index >= 15 is 0 Å². The summed E-state index contributed by atoms with van der Waals surface area (Å²) in [5.74, 6) is 0.0347. The number of nitrogens with zero attached hydrogens (tertiary/aromatic N) is 3. The average Bonchev–Trinajstić information content (AvgIpc) is 3.17. The van der Waals surface area contributed by atoms with E-state index in [9.17, 15) is 4.79 Å². The molecule has 0 aliphatic carbocycles. The Morgan fingerprint density at radius 1 is 1.12 bits per heavy atom. The number of hydrogen-bond donors (Lipinski definition) is 1. The van der Waals surface area contributed by atoms with Crippen LogP contribution >= 0.6 is 0 Å². The second-order valence-corrected chi connectivity index (χ2v) is 6.09. The lowest BCUT2D eigenvalue weighted by molar-refractivity contribution is -0.130. The molecule has 5 heteroatoms. The Balaban J connectivity index is 1.58. The molecule has 0 saturated heterocycles. The van der Waals surface area contributed by atoms with Crippen molar-refractivity contribution in [2.75, 3.05) is 7.05 Å². The van der Waals surface area contributed by atoms with Crippen LogP contribution in [0, 0.1) is 0 Å². The van der Waals surface area contributed by atoms with Crippen molar-refractivity contribution in [1.29, 1.82) is 0 Å². The molecule has 0 saturated carbocycles. The molecule has 0 fully saturated rings. The van der Waals surface area contributed by atoms with Gasteiger partial charge in [0.15, 0.2) is 0 Å². The van der Waals surface area contributed by atoms with Gasteiger partial charge in [-0.05, 0) is 29.3 Å². The average molecular weight is 334 g/mol. The minimum Gasteiger partial charge on any atom is -0.341 e. The van der Waals surface area contributed by atoms with Gasteiger partial charge in [0, 0.05) is 38.4 Å². The fraction of sp³-hybridized carbons (Fsp3) is 0.200. The van der Waals surface area contributed by atoms with Gasteiger partial charge in [-0.1, -0.05) is 42.5 Å². The summed E-state index contributed by atoms with van der Waals surface area (Å²) in [6, 6.07) is 19.3. The Bertz CT molecular complexity index is 797. The molecule has 5 nitrogen and oxygen atoms in total. The zero-order valence-electron chi connectivity index (χ0n) is 14.2. The zero-order valence-corrected chi connectivity index (χ0v) is 14.2. The quantitative estimate of drug-likeness (QED) is 0.754. The molecule has 0 bridgehead atoms. The number of carbonyl (C=O) groups is 1. The maximum Gasteiger partial charge on any atom is 0.224 e. The second kappa shape index (κ2) is 7.77. The molecule has 3 rings (SSSR count). The first-order valence-electron chi connectivity index (χ1n) is 8.27. The lowest BCUT2D eigenvalue weighted by Crippen LogP contribution is -2.29. The topological polar surface area (TPSA) is 64.2 Å². The van der Waals surface area contributed by atoms with Crippen molar-refractivity contribution in [2.24, 2.45) is 5.73 Å². The van der Waals surface area contributed by atoms with Crippen LogP contribution in [0.2, 0.25) is 0 Å². The van der Waals surface area contributed by atoms with Crippen LogP contribution in [0.15, 0.2) is 73.1 Å². The Morgan fingerprint density at radius 2 is 1.84 bits per heavy atom. The van der Waals surface area contributed by atoms with E-state index in [1.807, 2.05) is 73.9 Å². The molecule has 0 radical (unpaired) electrons.